The Morgan fingerprint density at radius 3 is 2.52 bits per heavy atom. The van der Waals surface area contributed by atoms with Crippen LogP contribution in [0.1, 0.15) is 26.5 Å². The number of para-hydroxylation sites is 1. The largest absolute Gasteiger partial charge is 0.458 e. The molecule has 2 aromatic rings. The van der Waals surface area contributed by atoms with Gasteiger partial charge in [0.05, 0.1) is 6.54 Å². The summed E-state index contributed by atoms with van der Waals surface area (Å²) in [6, 6.07) is 9.10. The molecule has 0 aliphatic carbocycles. The summed E-state index contributed by atoms with van der Waals surface area (Å²) in [5, 5.41) is 16.3. The second kappa shape index (κ2) is 6.83. The third-order valence-corrected chi connectivity index (χ3v) is 3.43. The minimum absolute atomic E-state index is 0.124. The molecule has 1 aromatic carbocycles. The van der Waals surface area contributed by atoms with Crippen molar-refractivity contribution in [1.29, 1.82) is 0 Å². The molecule has 0 radical (unpaired) electrons. The van der Waals surface area contributed by atoms with Crippen molar-refractivity contribution in [1.82, 2.24) is 10.6 Å². The summed E-state index contributed by atoms with van der Waals surface area (Å²) in [5.41, 5.74) is -0.753. The number of aliphatic hydroxyl groups is 1. The number of carbonyl (C=O) groups excluding carboxylic acids is 2. The van der Waals surface area contributed by atoms with E-state index in [0.717, 1.165) is 5.39 Å². The molecule has 0 bridgehead atoms. The zero-order valence-corrected chi connectivity index (χ0v) is 13.6. The number of carbonyl (C=O) groups is 2. The molecule has 3 N–H and O–H groups in total. The maximum Gasteiger partial charge on any atom is 0.309 e. The van der Waals surface area contributed by atoms with Gasteiger partial charge in [-0.15, -0.1) is 0 Å². The van der Waals surface area contributed by atoms with Crippen LogP contribution in [0.5, 0.6) is 0 Å². The molecule has 0 fully saturated rings. The van der Waals surface area contributed by atoms with E-state index in [1.54, 1.807) is 12.1 Å². The molecule has 6 nitrogen and oxygen atoms in total. The normalized spacial score (nSPS) is 13.8. The van der Waals surface area contributed by atoms with E-state index in [9.17, 15) is 14.7 Å². The Kier molecular flexibility index (Phi) is 5.05. The molecule has 0 saturated heterocycles. The molecule has 6 heteroatoms. The van der Waals surface area contributed by atoms with E-state index < -0.39 is 17.4 Å². The third kappa shape index (κ3) is 4.32. The molecule has 0 spiro atoms. The van der Waals surface area contributed by atoms with Crippen molar-refractivity contribution in [3.8, 4) is 0 Å². The van der Waals surface area contributed by atoms with Gasteiger partial charge in [-0.2, -0.15) is 0 Å². The highest BCUT2D eigenvalue weighted by molar-refractivity contribution is 6.35. The van der Waals surface area contributed by atoms with Gasteiger partial charge in [-0.05, 0) is 25.0 Å². The van der Waals surface area contributed by atoms with Crippen molar-refractivity contribution in [3.63, 3.8) is 0 Å². The van der Waals surface area contributed by atoms with Crippen molar-refractivity contribution in [2.24, 2.45) is 5.92 Å². The molecule has 1 unspecified atom stereocenters. The molecular weight excluding hydrogens is 296 g/mol. The lowest BCUT2D eigenvalue weighted by molar-refractivity contribution is -0.140. The second-order valence-electron chi connectivity index (χ2n) is 6.21. The maximum absolute atomic E-state index is 11.7. The summed E-state index contributed by atoms with van der Waals surface area (Å²) in [4.78, 5) is 23.4. The van der Waals surface area contributed by atoms with Gasteiger partial charge in [0.15, 0.2) is 0 Å². The van der Waals surface area contributed by atoms with Crippen LogP contribution >= 0.6 is 0 Å². The van der Waals surface area contributed by atoms with Crippen LogP contribution in [0.4, 0.5) is 0 Å². The molecular formula is C17H22N2O4. The van der Waals surface area contributed by atoms with Crippen LogP contribution in [-0.2, 0) is 15.2 Å². The summed E-state index contributed by atoms with van der Waals surface area (Å²) in [6.45, 7) is 5.69. The molecule has 1 aromatic heterocycles. The highest BCUT2D eigenvalue weighted by atomic mass is 16.4. The Bertz CT molecular complexity index is 670. The van der Waals surface area contributed by atoms with Gasteiger partial charge in [0.25, 0.3) is 0 Å². The zero-order chi connectivity index (χ0) is 17.0. The van der Waals surface area contributed by atoms with Crippen LogP contribution in [0.2, 0.25) is 0 Å². The first-order chi connectivity index (χ1) is 10.8. The molecule has 124 valence electrons. The molecule has 1 atom stereocenters. The minimum Gasteiger partial charge on any atom is -0.458 e. The van der Waals surface area contributed by atoms with Gasteiger partial charge in [0, 0.05) is 11.9 Å². The van der Waals surface area contributed by atoms with Gasteiger partial charge in [-0.1, -0.05) is 32.0 Å². The highest BCUT2D eigenvalue weighted by Gasteiger charge is 2.29. The zero-order valence-electron chi connectivity index (χ0n) is 13.6. The van der Waals surface area contributed by atoms with Gasteiger partial charge in [-0.25, -0.2) is 0 Å². The average molecular weight is 318 g/mol. The topological polar surface area (TPSA) is 91.6 Å². The minimum atomic E-state index is -1.41. The molecule has 0 aliphatic heterocycles. The van der Waals surface area contributed by atoms with E-state index in [1.807, 2.05) is 32.0 Å². The number of amides is 2. The number of rotatable bonds is 5. The number of fused-ring (bicyclic) bond motifs is 1. The average Bonchev–Trinajstić information content (AvgIpc) is 2.95. The second-order valence-corrected chi connectivity index (χ2v) is 6.21. The Morgan fingerprint density at radius 1 is 1.22 bits per heavy atom. The van der Waals surface area contributed by atoms with E-state index in [1.165, 1.54) is 6.92 Å². The smallest absolute Gasteiger partial charge is 0.309 e. The fraction of sp³-hybridized carbons (Fsp3) is 0.412. The van der Waals surface area contributed by atoms with Gasteiger partial charge in [-0.3, -0.25) is 9.59 Å². The van der Waals surface area contributed by atoms with Crippen molar-refractivity contribution >= 4 is 22.8 Å². The fourth-order valence-corrected chi connectivity index (χ4v) is 2.04. The van der Waals surface area contributed by atoms with Crippen molar-refractivity contribution < 1.29 is 19.1 Å². The first-order valence-corrected chi connectivity index (χ1v) is 7.57. The monoisotopic (exact) mass is 318 g/mol. The molecule has 23 heavy (non-hydrogen) atoms. The van der Waals surface area contributed by atoms with E-state index in [4.69, 9.17) is 4.42 Å². The van der Waals surface area contributed by atoms with E-state index >= 15 is 0 Å². The summed E-state index contributed by atoms with van der Waals surface area (Å²) in [7, 11) is 0. The lowest BCUT2D eigenvalue weighted by Crippen LogP contribution is -2.45. The van der Waals surface area contributed by atoms with Crippen LogP contribution in [0.15, 0.2) is 34.7 Å². The third-order valence-electron chi connectivity index (χ3n) is 3.43. The summed E-state index contributed by atoms with van der Waals surface area (Å²) < 4.78 is 5.60. The van der Waals surface area contributed by atoms with Crippen LogP contribution in [-0.4, -0.2) is 30.0 Å². The number of hydrogen-bond donors (Lipinski definition) is 3. The molecule has 2 rings (SSSR count). The Balaban J connectivity index is 1.98. The Hall–Kier alpha value is -2.34. The van der Waals surface area contributed by atoms with Crippen LogP contribution in [0, 0.1) is 5.92 Å². The van der Waals surface area contributed by atoms with Gasteiger partial charge < -0.3 is 20.2 Å². The molecule has 1 heterocycles. The first-order valence-electron chi connectivity index (χ1n) is 7.57. The molecule has 0 aliphatic rings. The summed E-state index contributed by atoms with van der Waals surface area (Å²) >= 11 is 0. The van der Waals surface area contributed by atoms with E-state index in [0.29, 0.717) is 17.9 Å². The highest BCUT2D eigenvalue weighted by Crippen LogP contribution is 2.27. The van der Waals surface area contributed by atoms with Crippen LogP contribution in [0.3, 0.4) is 0 Å². The summed E-state index contributed by atoms with van der Waals surface area (Å²) in [6.07, 6.45) is 0. The predicted molar refractivity (Wildman–Crippen MR) is 86.6 cm³/mol. The standard InChI is InChI=1S/C17H22N2O4/c1-11(2)9-18-15(20)16(21)19-10-17(3,22)14-8-12-6-4-5-7-13(12)23-14/h4-8,11,22H,9-10H2,1-3H3,(H,18,20)(H,19,21). The Labute approximate surface area is 134 Å². The number of hydrogen-bond acceptors (Lipinski definition) is 4. The number of benzene rings is 1. The van der Waals surface area contributed by atoms with Crippen molar-refractivity contribution in [2.75, 3.05) is 13.1 Å². The fourth-order valence-electron chi connectivity index (χ4n) is 2.04. The quantitative estimate of drug-likeness (QED) is 0.729. The lowest BCUT2D eigenvalue weighted by atomic mass is 10.0. The summed E-state index contributed by atoms with van der Waals surface area (Å²) in [5.74, 6) is -0.895. The number of furan rings is 1. The predicted octanol–water partition coefficient (Wildman–Crippen LogP) is 1.53. The van der Waals surface area contributed by atoms with Gasteiger partial charge in [0.1, 0.15) is 16.9 Å². The molecule has 0 saturated carbocycles. The van der Waals surface area contributed by atoms with Gasteiger partial charge in [0.2, 0.25) is 0 Å². The van der Waals surface area contributed by atoms with Crippen LogP contribution < -0.4 is 10.6 Å². The molecule has 2 amide bonds. The van der Waals surface area contributed by atoms with E-state index in [-0.39, 0.29) is 12.5 Å². The Morgan fingerprint density at radius 2 is 1.87 bits per heavy atom. The van der Waals surface area contributed by atoms with Crippen molar-refractivity contribution in [2.45, 2.75) is 26.4 Å². The lowest BCUT2D eigenvalue weighted by Gasteiger charge is -2.21. The van der Waals surface area contributed by atoms with Crippen LogP contribution in [0.25, 0.3) is 11.0 Å². The number of nitrogens with one attached hydrogen (secondary N) is 2. The van der Waals surface area contributed by atoms with E-state index in [2.05, 4.69) is 10.6 Å². The maximum atomic E-state index is 11.7. The SMILES string of the molecule is CC(C)CNC(=O)C(=O)NCC(C)(O)c1cc2ccccc2o1. The first kappa shape index (κ1) is 17.0. The van der Waals surface area contributed by atoms with Crippen molar-refractivity contribution in [3.05, 3.63) is 36.1 Å². The van der Waals surface area contributed by atoms with Gasteiger partial charge >= 0.3 is 11.8 Å².